The van der Waals surface area contributed by atoms with Crippen molar-refractivity contribution in [1.29, 1.82) is 0 Å². The fourth-order valence-corrected chi connectivity index (χ4v) is 1.73. The van der Waals surface area contributed by atoms with Gasteiger partial charge in [-0.15, -0.1) is 0 Å². The first-order chi connectivity index (χ1) is 5.40. The summed E-state index contributed by atoms with van der Waals surface area (Å²) in [7, 11) is 0. The Kier molecular flexibility index (Phi) is 4.89. The van der Waals surface area contributed by atoms with Crippen molar-refractivity contribution in [3.63, 3.8) is 0 Å². The molecular formula is C12H26. The molecular weight excluding hydrogens is 144 g/mol. The van der Waals surface area contributed by atoms with Crippen LogP contribution >= 0.6 is 0 Å². The van der Waals surface area contributed by atoms with E-state index in [4.69, 9.17) is 0 Å². The van der Waals surface area contributed by atoms with Crippen molar-refractivity contribution in [3.05, 3.63) is 0 Å². The molecule has 0 spiro atoms. The zero-order chi connectivity index (χ0) is 9.78. The molecule has 0 rings (SSSR count). The Balaban J connectivity index is 3.88. The average Bonchev–Trinajstić information content (AvgIpc) is 1.85. The zero-order valence-electron chi connectivity index (χ0n) is 9.78. The molecule has 1 atom stereocenters. The normalized spacial score (nSPS) is 15.2. The Morgan fingerprint density at radius 1 is 1.08 bits per heavy atom. The molecule has 0 aliphatic heterocycles. The van der Waals surface area contributed by atoms with Gasteiger partial charge in [-0.2, -0.15) is 0 Å². The van der Waals surface area contributed by atoms with Gasteiger partial charge in [0.05, 0.1) is 0 Å². The number of rotatable bonds is 5. The largest absolute Gasteiger partial charge is 0.0654 e. The maximum atomic E-state index is 2.39. The van der Waals surface area contributed by atoms with Crippen molar-refractivity contribution < 1.29 is 0 Å². The Morgan fingerprint density at radius 3 is 1.92 bits per heavy atom. The summed E-state index contributed by atoms with van der Waals surface area (Å²) in [4.78, 5) is 0. The Morgan fingerprint density at radius 2 is 1.58 bits per heavy atom. The van der Waals surface area contributed by atoms with Crippen LogP contribution in [0.4, 0.5) is 0 Å². The molecule has 0 heteroatoms. The van der Waals surface area contributed by atoms with Crippen molar-refractivity contribution >= 4 is 0 Å². The monoisotopic (exact) mass is 170 g/mol. The molecule has 74 valence electrons. The molecule has 0 amide bonds. The lowest BCUT2D eigenvalue weighted by atomic mass is 9.74. The van der Waals surface area contributed by atoms with Gasteiger partial charge >= 0.3 is 0 Å². The molecule has 0 radical (unpaired) electrons. The van der Waals surface area contributed by atoms with Crippen molar-refractivity contribution in [2.75, 3.05) is 0 Å². The molecule has 0 aliphatic rings. The summed E-state index contributed by atoms with van der Waals surface area (Å²) in [5.74, 6) is 1.70. The van der Waals surface area contributed by atoms with E-state index in [1.807, 2.05) is 0 Å². The summed E-state index contributed by atoms with van der Waals surface area (Å²) in [5.41, 5.74) is 0.522. The molecule has 12 heavy (non-hydrogen) atoms. The predicted octanol–water partition coefficient (Wildman–Crippen LogP) is 4.49. The fraction of sp³-hybridized carbons (Fsp3) is 1.00. The van der Waals surface area contributed by atoms with Gasteiger partial charge in [-0.25, -0.2) is 0 Å². The van der Waals surface area contributed by atoms with Gasteiger partial charge in [0.15, 0.2) is 0 Å². The van der Waals surface area contributed by atoms with Crippen molar-refractivity contribution in [2.24, 2.45) is 17.3 Å². The van der Waals surface area contributed by atoms with Gasteiger partial charge in [-0.1, -0.05) is 54.4 Å². The van der Waals surface area contributed by atoms with E-state index in [1.165, 1.54) is 19.3 Å². The second kappa shape index (κ2) is 4.89. The zero-order valence-corrected chi connectivity index (χ0v) is 9.78. The van der Waals surface area contributed by atoms with Gasteiger partial charge < -0.3 is 0 Å². The van der Waals surface area contributed by atoms with E-state index in [1.54, 1.807) is 0 Å². The maximum absolute atomic E-state index is 2.39. The molecule has 0 saturated heterocycles. The Bertz CT molecular complexity index is 111. The molecule has 1 unspecified atom stereocenters. The molecule has 0 fully saturated rings. The van der Waals surface area contributed by atoms with Crippen LogP contribution in [-0.4, -0.2) is 0 Å². The minimum atomic E-state index is 0.522. The van der Waals surface area contributed by atoms with E-state index in [0.717, 1.165) is 11.8 Å². The van der Waals surface area contributed by atoms with Crippen LogP contribution < -0.4 is 0 Å². The first kappa shape index (κ1) is 12.0. The van der Waals surface area contributed by atoms with Crippen molar-refractivity contribution in [2.45, 2.75) is 60.8 Å². The first-order valence-electron chi connectivity index (χ1n) is 5.40. The molecule has 0 bridgehead atoms. The molecule has 0 saturated carbocycles. The second-order valence-electron chi connectivity index (χ2n) is 5.24. The molecule has 0 heterocycles. The predicted molar refractivity (Wildman–Crippen MR) is 57.3 cm³/mol. The number of hydrogen-bond donors (Lipinski definition) is 0. The molecule has 0 aromatic heterocycles. The van der Waals surface area contributed by atoms with E-state index in [-0.39, 0.29) is 0 Å². The maximum Gasteiger partial charge on any atom is -0.0329 e. The van der Waals surface area contributed by atoms with Gasteiger partial charge in [-0.3, -0.25) is 0 Å². The molecule has 0 nitrogen and oxygen atoms in total. The van der Waals surface area contributed by atoms with Gasteiger partial charge in [0.25, 0.3) is 0 Å². The van der Waals surface area contributed by atoms with Gasteiger partial charge in [-0.05, 0) is 23.7 Å². The average molecular weight is 170 g/mol. The number of hydrogen-bond acceptors (Lipinski definition) is 0. The molecule has 0 aromatic rings. The lowest BCUT2D eigenvalue weighted by Gasteiger charge is -2.32. The van der Waals surface area contributed by atoms with Crippen LogP contribution in [0.25, 0.3) is 0 Å². The van der Waals surface area contributed by atoms with Gasteiger partial charge in [0, 0.05) is 0 Å². The van der Waals surface area contributed by atoms with E-state index >= 15 is 0 Å². The third-order valence-electron chi connectivity index (χ3n) is 3.22. The van der Waals surface area contributed by atoms with E-state index in [0.29, 0.717) is 5.41 Å². The van der Waals surface area contributed by atoms with Crippen LogP contribution in [0.15, 0.2) is 0 Å². The Hall–Kier alpha value is 0. The highest BCUT2D eigenvalue weighted by Crippen LogP contribution is 2.34. The lowest BCUT2D eigenvalue weighted by Crippen LogP contribution is -2.22. The lowest BCUT2D eigenvalue weighted by molar-refractivity contribution is 0.189. The van der Waals surface area contributed by atoms with E-state index in [9.17, 15) is 0 Å². The second-order valence-corrected chi connectivity index (χ2v) is 5.24. The fourth-order valence-electron chi connectivity index (χ4n) is 1.73. The highest BCUT2D eigenvalue weighted by atomic mass is 14.3. The highest BCUT2D eigenvalue weighted by molar-refractivity contribution is 4.74. The summed E-state index contributed by atoms with van der Waals surface area (Å²) in [6.07, 6.45) is 4.09. The van der Waals surface area contributed by atoms with E-state index < -0.39 is 0 Å². The third-order valence-corrected chi connectivity index (χ3v) is 3.22. The molecule has 0 aliphatic carbocycles. The molecule has 0 N–H and O–H groups in total. The summed E-state index contributed by atoms with van der Waals surface area (Å²) < 4.78 is 0. The van der Waals surface area contributed by atoms with Crippen LogP contribution in [0.1, 0.15) is 60.8 Å². The van der Waals surface area contributed by atoms with Crippen LogP contribution in [0, 0.1) is 17.3 Å². The highest BCUT2D eigenvalue weighted by Gasteiger charge is 2.24. The van der Waals surface area contributed by atoms with Crippen LogP contribution in [0.3, 0.4) is 0 Å². The first-order valence-corrected chi connectivity index (χ1v) is 5.40. The summed E-state index contributed by atoms with van der Waals surface area (Å²) in [6.45, 7) is 14.1. The topological polar surface area (TPSA) is 0 Å². The van der Waals surface area contributed by atoms with Gasteiger partial charge in [0.1, 0.15) is 0 Å². The Labute approximate surface area is 78.8 Å². The SMILES string of the molecule is CCCC(C)CC(C)(C)C(C)C. The van der Waals surface area contributed by atoms with E-state index in [2.05, 4.69) is 41.5 Å². The molecule has 0 aromatic carbocycles. The third kappa shape index (κ3) is 4.13. The standard InChI is InChI=1S/C12H26/c1-7-8-11(4)9-12(5,6)10(2)3/h10-11H,7-9H2,1-6H3. The van der Waals surface area contributed by atoms with Gasteiger partial charge in [0.2, 0.25) is 0 Å². The summed E-state index contributed by atoms with van der Waals surface area (Å²) in [6, 6.07) is 0. The quantitative estimate of drug-likeness (QED) is 0.570. The minimum Gasteiger partial charge on any atom is -0.0654 e. The van der Waals surface area contributed by atoms with Crippen molar-refractivity contribution in [3.8, 4) is 0 Å². The summed E-state index contributed by atoms with van der Waals surface area (Å²) in [5, 5.41) is 0. The van der Waals surface area contributed by atoms with Crippen molar-refractivity contribution in [1.82, 2.24) is 0 Å². The minimum absolute atomic E-state index is 0.522. The van der Waals surface area contributed by atoms with Crippen LogP contribution in [0.2, 0.25) is 0 Å². The van der Waals surface area contributed by atoms with Crippen LogP contribution in [-0.2, 0) is 0 Å². The summed E-state index contributed by atoms with van der Waals surface area (Å²) >= 11 is 0. The van der Waals surface area contributed by atoms with Crippen LogP contribution in [0.5, 0.6) is 0 Å². The smallest absolute Gasteiger partial charge is 0.0329 e.